The average molecular weight is 309 g/mol. The van der Waals surface area contributed by atoms with Crippen LogP contribution in [0.3, 0.4) is 0 Å². The van der Waals surface area contributed by atoms with Crippen molar-refractivity contribution in [3.63, 3.8) is 0 Å². The molecule has 0 aliphatic carbocycles. The second-order valence-electron chi connectivity index (χ2n) is 5.59. The number of aliphatic imine (C=N–C) groups is 1. The zero-order valence-corrected chi connectivity index (χ0v) is 14.6. The topological polar surface area (TPSA) is 63.5 Å². The largest absolute Gasteiger partial charge is 0.378 e. The van der Waals surface area contributed by atoms with E-state index in [1.54, 1.807) is 6.20 Å². The smallest absolute Gasteiger partial charge is 0.191 e. The molecule has 0 saturated heterocycles. The van der Waals surface area contributed by atoms with Crippen molar-refractivity contribution in [1.82, 2.24) is 20.4 Å². The van der Waals surface area contributed by atoms with Crippen molar-refractivity contribution in [2.45, 2.75) is 46.8 Å². The summed E-state index contributed by atoms with van der Waals surface area (Å²) in [6, 6.07) is 1.98. The van der Waals surface area contributed by atoms with Gasteiger partial charge in [-0.1, -0.05) is 13.8 Å². The summed E-state index contributed by atoms with van der Waals surface area (Å²) < 4.78 is 7.61. The number of nitrogens with one attached hydrogen (secondary N) is 2. The van der Waals surface area contributed by atoms with Gasteiger partial charge in [0.15, 0.2) is 5.96 Å². The number of nitrogens with zero attached hydrogens (tertiary/aromatic N) is 3. The summed E-state index contributed by atoms with van der Waals surface area (Å²) in [7, 11) is 1.93. The Bertz CT molecular complexity index is 441. The number of ether oxygens (including phenoxy) is 1. The Morgan fingerprint density at radius 3 is 2.68 bits per heavy atom. The molecule has 1 heterocycles. The molecule has 1 aromatic heterocycles. The minimum atomic E-state index is 0.289. The van der Waals surface area contributed by atoms with Crippen LogP contribution in [0.4, 0.5) is 0 Å². The van der Waals surface area contributed by atoms with Crippen LogP contribution in [0.1, 0.15) is 39.8 Å². The quantitative estimate of drug-likeness (QED) is 0.540. The van der Waals surface area contributed by atoms with Gasteiger partial charge in [-0.3, -0.25) is 4.68 Å². The van der Waals surface area contributed by atoms with Gasteiger partial charge in [-0.2, -0.15) is 5.10 Å². The summed E-state index contributed by atoms with van der Waals surface area (Å²) in [5, 5.41) is 10.8. The summed E-state index contributed by atoms with van der Waals surface area (Å²) >= 11 is 0. The van der Waals surface area contributed by atoms with E-state index in [9.17, 15) is 0 Å². The first-order chi connectivity index (χ1) is 10.6. The molecule has 0 aliphatic heterocycles. The van der Waals surface area contributed by atoms with Gasteiger partial charge in [0.1, 0.15) is 0 Å². The summed E-state index contributed by atoms with van der Waals surface area (Å²) in [4.78, 5) is 4.60. The van der Waals surface area contributed by atoms with E-state index in [0.717, 1.165) is 37.8 Å². The number of rotatable bonds is 9. The monoisotopic (exact) mass is 309 g/mol. The van der Waals surface area contributed by atoms with E-state index in [1.807, 2.05) is 24.7 Å². The van der Waals surface area contributed by atoms with Crippen molar-refractivity contribution >= 4 is 5.96 Å². The maximum Gasteiger partial charge on any atom is 0.191 e. The van der Waals surface area contributed by atoms with Gasteiger partial charge in [0.05, 0.1) is 18.3 Å². The molecule has 0 spiro atoms. The minimum absolute atomic E-state index is 0.289. The Morgan fingerprint density at radius 2 is 2.14 bits per heavy atom. The number of aryl methyl sites for hydroxylation is 1. The highest BCUT2D eigenvalue weighted by atomic mass is 16.5. The molecule has 6 heteroatoms. The SMILES string of the molecule is CCNC(=NCc1ccnn1C)NCCC(OCC)C(C)C. The van der Waals surface area contributed by atoms with E-state index in [1.165, 1.54) is 0 Å². The van der Waals surface area contributed by atoms with E-state index in [-0.39, 0.29) is 6.10 Å². The number of hydrogen-bond donors (Lipinski definition) is 2. The first-order valence-corrected chi connectivity index (χ1v) is 8.19. The van der Waals surface area contributed by atoms with Gasteiger partial charge in [0, 0.05) is 32.9 Å². The molecule has 1 aromatic rings. The molecule has 126 valence electrons. The third kappa shape index (κ3) is 6.47. The lowest BCUT2D eigenvalue weighted by Gasteiger charge is -2.21. The molecule has 22 heavy (non-hydrogen) atoms. The molecule has 0 bridgehead atoms. The highest BCUT2D eigenvalue weighted by Gasteiger charge is 2.12. The van der Waals surface area contributed by atoms with Gasteiger partial charge in [-0.05, 0) is 32.3 Å². The second kappa shape index (κ2) is 10.2. The van der Waals surface area contributed by atoms with E-state index < -0.39 is 0 Å². The van der Waals surface area contributed by atoms with Gasteiger partial charge >= 0.3 is 0 Å². The lowest BCUT2D eigenvalue weighted by Crippen LogP contribution is -2.39. The summed E-state index contributed by atoms with van der Waals surface area (Å²) in [5.74, 6) is 1.36. The zero-order chi connectivity index (χ0) is 16.4. The molecule has 0 aliphatic rings. The number of guanidine groups is 1. The number of hydrogen-bond acceptors (Lipinski definition) is 3. The van der Waals surface area contributed by atoms with Crippen molar-refractivity contribution in [3.05, 3.63) is 18.0 Å². The highest BCUT2D eigenvalue weighted by molar-refractivity contribution is 5.79. The minimum Gasteiger partial charge on any atom is -0.378 e. The second-order valence-corrected chi connectivity index (χ2v) is 5.59. The fourth-order valence-electron chi connectivity index (χ4n) is 2.21. The van der Waals surface area contributed by atoms with Crippen LogP contribution in [0.25, 0.3) is 0 Å². The molecule has 1 rings (SSSR count). The van der Waals surface area contributed by atoms with E-state index in [0.29, 0.717) is 12.5 Å². The Morgan fingerprint density at radius 1 is 1.36 bits per heavy atom. The predicted octanol–water partition coefficient (Wildman–Crippen LogP) is 1.93. The molecule has 1 unspecified atom stereocenters. The van der Waals surface area contributed by atoms with Crippen molar-refractivity contribution in [1.29, 1.82) is 0 Å². The van der Waals surface area contributed by atoms with Crippen molar-refractivity contribution < 1.29 is 4.74 Å². The van der Waals surface area contributed by atoms with Gasteiger partial charge in [0.2, 0.25) is 0 Å². The van der Waals surface area contributed by atoms with Crippen LogP contribution >= 0.6 is 0 Å². The zero-order valence-electron chi connectivity index (χ0n) is 14.6. The molecule has 0 amide bonds. The van der Waals surface area contributed by atoms with Gasteiger partial charge in [-0.25, -0.2) is 4.99 Å². The molecule has 1 atom stereocenters. The van der Waals surface area contributed by atoms with Gasteiger partial charge in [0.25, 0.3) is 0 Å². The summed E-state index contributed by atoms with van der Waals surface area (Å²) in [5.41, 5.74) is 1.09. The average Bonchev–Trinajstić information content (AvgIpc) is 2.89. The van der Waals surface area contributed by atoms with Crippen LogP contribution in [0.15, 0.2) is 17.3 Å². The first-order valence-electron chi connectivity index (χ1n) is 8.19. The first kappa shape index (κ1) is 18.5. The standard InChI is InChI=1S/C16H31N5O/c1-6-17-16(19-12-14-8-11-20-21(14)5)18-10-9-15(13(3)4)22-7-2/h8,11,13,15H,6-7,9-10,12H2,1-5H3,(H2,17,18,19). The Hall–Kier alpha value is -1.56. The van der Waals surface area contributed by atoms with E-state index in [2.05, 4.69) is 41.5 Å². The fourth-order valence-corrected chi connectivity index (χ4v) is 2.21. The maximum atomic E-state index is 5.77. The van der Waals surface area contributed by atoms with Gasteiger partial charge in [-0.15, -0.1) is 0 Å². The third-order valence-corrected chi connectivity index (χ3v) is 3.51. The predicted molar refractivity (Wildman–Crippen MR) is 90.9 cm³/mol. The fraction of sp³-hybridized carbons (Fsp3) is 0.750. The Labute approximate surface area is 134 Å². The Kier molecular flexibility index (Phi) is 8.58. The van der Waals surface area contributed by atoms with Crippen LogP contribution in [-0.4, -0.2) is 41.5 Å². The third-order valence-electron chi connectivity index (χ3n) is 3.51. The number of aromatic nitrogens is 2. The van der Waals surface area contributed by atoms with Crippen LogP contribution in [0.2, 0.25) is 0 Å². The van der Waals surface area contributed by atoms with Crippen LogP contribution < -0.4 is 10.6 Å². The lowest BCUT2D eigenvalue weighted by atomic mass is 10.0. The molecule has 2 N–H and O–H groups in total. The normalized spacial score (nSPS) is 13.5. The highest BCUT2D eigenvalue weighted by Crippen LogP contribution is 2.09. The molecular weight excluding hydrogens is 278 g/mol. The molecule has 0 fully saturated rings. The van der Waals surface area contributed by atoms with Crippen LogP contribution in [-0.2, 0) is 18.3 Å². The lowest BCUT2D eigenvalue weighted by molar-refractivity contribution is 0.0258. The molecular formula is C16H31N5O. The summed E-state index contributed by atoms with van der Waals surface area (Å²) in [6.45, 7) is 11.6. The van der Waals surface area contributed by atoms with Crippen molar-refractivity contribution in [3.8, 4) is 0 Å². The molecule has 6 nitrogen and oxygen atoms in total. The molecule has 0 saturated carbocycles. The van der Waals surface area contributed by atoms with Gasteiger partial charge < -0.3 is 15.4 Å². The summed E-state index contributed by atoms with van der Waals surface area (Å²) in [6.07, 6.45) is 3.06. The Balaban J connectivity index is 2.48. The maximum absolute atomic E-state index is 5.77. The molecule has 0 radical (unpaired) electrons. The van der Waals surface area contributed by atoms with Crippen LogP contribution in [0.5, 0.6) is 0 Å². The van der Waals surface area contributed by atoms with E-state index in [4.69, 9.17) is 4.74 Å². The van der Waals surface area contributed by atoms with Crippen LogP contribution in [0, 0.1) is 5.92 Å². The molecule has 0 aromatic carbocycles. The van der Waals surface area contributed by atoms with Crippen molar-refractivity contribution in [2.24, 2.45) is 18.0 Å². The van der Waals surface area contributed by atoms with Crippen molar-refractivity contribution in [2.75, 3.05) is 19.7 Å². The van der Waals surface area contributed by atoms with E-state index >= 15 is 0 Å².